The van der Waals surface area contributed by atoms with Crippen LogP contribution in [0, 0.1) is 20.8 Å². The number of carbonyl (C=O) groups is 2. The lowest BCUT2D eigenvalue weighted by Gasteiger charge is -2.45. The highest BCUT2D eigenvalue weighted by atomic mass is 32.1. The van der Waals surface area contributed by atoms with Gasteiger partial charge in [0.25, 0.3) is 11.8 Å². The summed E-state index contributed by atoms with van der Waals surface area (Å²) < 4.78 is 0. The Balaban J connectivity index is 1.78. The van der Waals surface area contributed by atoms with E-state index in [-0.39, 0.29) is 16.2 Å². The van der Waals surface area contributed by atoms with Crippen molar-refractivity contribution in [1.29, 1.82) is 0 Å². The van der Waals surface area contributed by atoms with Gasteiger partial charge in [-0.25, -0.2) is 0 Å². The molecular weight excluding hydrogens is 430 g/mol. The Kier molecular flexibility index (Phi) is 5.69. The molecule has 2 aromatic carbocycles. The van der Waals surface area contributed by atoms with Gasteiger partial charge in [0.2, 0.25) is 0 Å². The summed E-state index contributed by atoms with van der Waals surface area (Å²) >= 11 is 5.36. The van der Waals surface area contributed by atoms with Gasteiger partial charge in [-0.05, 0) is 117 Å². The smallest absolute Gasteiger partial charge is 0.270 e. The molecule has 4 rings (SSSR count). The third-order valence-electron chi connectivity index (χ3n) is 6.89. The third-order valence-corrected chi connectivity index (χ3v) is 7.17. The van der Waals surface area contributed by atoms with E-state index in [2.05, 4.69) is 50.2 Å². The number of hydrogen-bond acceptors (Lipinski definition) is 4. The molecule has 2 heterocycles. The van der Waals surface area contributed by atoms with E-state index in [1.807, 2.05) is 39.0 Å². The Morgan fingerprint density at radius 3 is 2.33 bits per heavy atom. The molecule has 0 radical (unpaired) electrons. The molecular formula is C27H31N3O2S. The van der Waals surface area contributed by atoms with Crippen LogP contribution in [-0.2, 0) is 9.59 Å². The van der Waals surface area contributed by atoms with Crippen LogP contribution in [0.3, 0.4) is 0 Å². The van der Waals surface area contributed by atoms with Crippen molar-refractivity contribution in [3.05, 3.63) is 63.7 Å². The molecule has 2 aromatic rings. The predicted molar refractivity (Wildman–Crippen MR) is 139 cm³/mol. The van der Waals surface area contributed by atoms with E-state index in [9.17, 15) is 9.59 Å². The first-order chi connectivity index (χ1) is 15.4. The number of rotatable bonds is 2. The first-order valence-corrected chi connectivity index (χ1v) is 11.7. The molecule has 0 aliphatic carbocycles. The minimum absolute atomic E-state index is 0.0696. The lowest BCUT2D eigenvalue weighted by molar-refractivity contribution is -0.122. The fraction of sp³-hybridized carbons (Fsp3) is 0.370. The summed E-state index contributed by atoms with van der Waals surface area (Å²) in [5.74, 6) is -0.495. The van der Waals surface area contributed by atoms with Crippen LogP contribution < -0.4 is 15.1 Å². The summed E-state index contributed by atoms with van der Waals surface area (Å²) in [4.78, 5) is 30.0. The van der Waals surface area contributed by atoms with Crippen molar-refractivity contribution < 1.29 is 9.59 Å². The number of hydrogen-bond donors (Lipinski definition) is 1. The van der Waals surface area contributed by atoms with Gasteiger partial charge in [-0.1, -0.05) is 13.0 Å². The number of nitrogens with zero attached hydrogens (tertiary/aromatic N) is 2. The molecule has 0 aromatic heterocycles. The molecule has 33 heavy (non-hydrogen) atoms. The number of anilines is 2. The zero-order valence-corrected chi connectivity index (χ0v) is 21.2. The molecule has 0 saturated carbocycles. The van der Waals surface area contributed by atoms with Gasteiger partial charge in [0.15, 0.2) is 5.11 Å². The fourth-order valence-corrected chi connectivity index (χ4v) is 5.30. The van der Waals surface area contributed by atoms with Crippen LogP contribution in [0.5, 0.6) is 0 Å². The number of carbonyl (C=O) groups excluding carboxylic acids is 2. The second-order valence-corrected chi connectivity index (χ2v) is 10.4. The van der Waals surface area contributed by atoms with Gasteiger partial charge in [0.05, 0.1) is 5.69 Å². The fourth-order valence-electron chi connectivity index (χ4n) is 5.02. The highest BCUT2D eigenvalue weighted by molar-refractivity contribution is 7.80. The van der Waals surface area contributed by atoms with Crippen LogP contribution >= 0.6 is 12.2 Å². The number of fused-ring (bicyclic) bond motifs is 1. The van der Waals surface area contributed by atoms with Crippen LogP contribution in [0.15, 0.2) is 35.9 Å². The van der Waals surface area contributed by atoms with Crippen LogP contribution in [0.2, 0.25) is 0 Å². The third kappa shape index (κ3) is 4.08. The van der Waals surface area contributed by atoms with Gasteiger partial charge in [-0.2, -0.15) is 0 Å². The second-order valence-electron chi connectivity index (χ2n) is 10.0. The summed E-state index contributed by atoms with van der Waals surface area (Å²) in [6, 6.07) is 10.1. The molecule has 0 spiro atoms. The summed E-state index contributed by atoms with van der Waals surface area (Å²) in [6.45, 7) is 12.7. The lowest BCUT2D eigenvalue weighted by atomic mass is 9.79. The molecule has 2 amide bonds. The molecule has 5 nitrogen and oxygen atoms in total. The molecule has 1 atom stereocenters. The molecule has 6 heteroatoms. The predicted octanol–water partition coefficient (Wildman–Crippen LogP) is 5.17. The largest absolute Gasteiger partial charge is 0.369 e. The van der Waals surface area contributed by atoms with Crippen molar-refractivity contribution in [1.82, 2.24) is 5.32 Å². The zero-order chi connectivity index (χ0) is 24.2. The van der Waals surface area contributed by atoms with Crippen LogP contribution in [0.25, 0.3) is 6.08 Å². The monoisotopic (exact) mass is 461 g/mol. The molecule has 1 N–H and O–H groups in total. The summed E-state index contributed by atoms with van der Waals surface area (Å²) in [5.41, 5.74) is 7.20. The molecule has 172 valence electrons. The van der Waals surface area contributed by atoms with Crippen molar-refractivity contribution >= 4 is 46.6 Å². The van der Waals surface area contributed by atoms with Gasteiger partial charge in [0.1, 0.15) is 5.57 Å². The van der Waals surface area contributed by atoms with E-state index in [4.69, 9.17) is 12.2 Å². The minimum Gasteiger partial charge on any atom is -0.369 e. The topological polar surface area (TPSA) is 52.7 Å². The Morgan fingerprint density at radius 2 is 1.70 bits per heavy atom. The summed E-state index contributed by atoms with van der Waals surface area (Å²) in [6.07, 6.45) is 2.74. The lowest BCUT2D eigenvalue weighted by Crippen LogP contribution is -2.54. The molecule has 1 unspecified atom stereocenters. The van der Waals surface area contributed by atoms with E-state index in [1.165, 1.54) is 16.2 Å². The van der Waals surface area contributed by atoms with E-state index >= 15 is 0 Å². The highest BCUT2D eigenvalue weighted by Gasteiger charge is 2.36. The van der Waals surface area contributed by atoms with Crippen molar-refractivity contribution in [2.24, 2.45) is 0 Å². The Hall–Kier alpha value is -2.99. The van der Waals surface area contributed by atoms with Gasteiger partial charge in [-0.15, -0.1) is 0 Å². The Bertz CT molecular complexity index is 1210. The quantitative estimate of drug-likeness (QED) is 0.381. The number of thiocarbonyl (C=S) groups is 1. The van der Waals surface area contributed by atoms with Gasteiger partial charge in [-0.3, -0.25) is 19.8 Å². The van der Waals surface area contributed by atoms with E-state index in [0.717, 1.165) is 28.7 Å². The van der Waals surface area contributed by atoms with Crippen LogP contribution in [-0.4, -0.2) is 29.5 Å². The average molecular weight is 462 g/mol. The molecule has 1 saturated heterocycles. The van der Waals surface area contributed by atoms with Crippen LogP contribution in [0.1, 0.15) is 60.9 Å². The first kappa shape index (κ1) is 23.2. The molecule has 0 bridgehead atoms. The van der Waals surface area contributed by atoms with Gasteiger partial charge >= 0.3 is 0 Å². The van der Waals surface area contributed by atoms with E-state index in [0.29, 0.717) is 11.6 Å². The maximum atomic E-state index is 13.5. The van der Waals surface area contributed by atoms with Gasteiger partial charge < -0.3 is 4.90 Å². The van der Waals surface area contributed by atoms with E-state index in [1.54, 1.807) is 6.08 Å². The number of benzene rings is 2. The molecule has 2 aliphatic heterocycles. The second kappa shape index (κ2) is 8.10. The molecule has 1 fully saturated rings. The molecule has 2 aliphatic rings. The maximum absolute atomic E-state index is 13.5. The standard InChI is InChI=1S/C27H31N3O2S/c1-15-8-16(2)10-20(9-15)30-25(32)22(24(31)28-26(30)33)13-19-12-21-18(4)14-27(5,6)29(7)23(21)11-17(19)3/h8-13,18H,14H2,1-7H3,(H,28,31,33)/b22-13-. The number of amides is 2. The SMILES string of the molecule is Cc1cc(C)cc(N2C(=O)/C(=C\c3cc4c(cc3C)N(C)C(C)(C)CC4C)C(=O)NC2=S)c1. The van der Waals surface area contributed by atoms with Crippen LogP contribution in [0.4, 0.5) is 11.4 Å². The van der Waals surface area contributed by atoms with Crippen molar-refractivity contribution in [2.75, 3.05) is 16.8 Å². The van der Waals surface area contributed by atoms with Gasteiger partial charge in [0, 0.05) is 18.3 Å². The highest BCUT2D eigenvalue weighted by Crippen LogP contribution is 2.43. The normalized spacial score (nSPS) is 21.4. The number of nitrogens with one attached hydrogen (secondary N) is 1. The Labute approximate surface area is 201 Å². The summed E-state index contributed by atoms with van der Waals surface area (Å²) in [5, 5.41) is 2.80. The van der Waals surface area contributed by atoms with Crippen molar-refractivity contribution in [2.45, 2.75) is 59.4 Å². The average Bonchev–Trinajstić information content (AvgIpc) is 2.69. The van der Waals surface area contributed by atoms with E-state index < -0.39 is 11.8 Å². The Morgan fingerprint density at radius 1 is 1.06 bits per heavy atom. The first-order valence-electron chi connectivity index (χ1n) is 11.3. The van der Waals surface area contributed by atoms with Crippen molar-refractivity contribution in [3.63, 3.8) is 0 Å². The minimum atomic E-state index is -0.464. The zero-order valence-electron chi connectivity index (χ0n) is 20.4. The van der Waals surface area contributed by atoms with Crippen molar-refractivity contribution in [3.8, 4) is 0 Å². The maximum Gasteiger partial charge on any atom is 0.270 e. The summed E-state index contributed by atoms with van der Waals surface area (Å²) in [7, 11) is 2.13. The number of aryl methyl sites for hydroxylation is 3.